The molecule has 0 unspecified atom stereocenters. The summed E-state index contributed by atoms with van der Waals surface area (Å²) < 4.78 is 0. The molecule has 3 heterocycles. The number of carbonyl (C=O) groups is 2. The van der Waals surface area contributed by atoms with Crippen molar-refractivity contribution in [2.75, 3.05) is 23.3 Å². The van der Waals surface area contributed by atoms with Gasteiger partial charge in [-0.05, 0) is 13.3 Å². The van der Waals surface area contributed by atoms with Crippen molar-refractivity contribution in [3.63, 3.8) is 0 Å². The summed E-state index contributed by atoms with van der Waals surface area (Å²) in [6.45, 7) is 3.23. The molecular weight excluding hydrogens is 322 g/mol. The van der Waals surface area contributed by atoms with E-state index in [4.69, 9.17) is 0 Å². The second-order valence-electron chi connectivity index (χ2n) is 4.88. The summed E-state index contributed by atoms with van der Waals surface area (Å²) in [5.74, 6) is -0.158. The number of carbonyl (C=O) groups excluding carboxylic acids is 2. The number of nitrogens with one attached hydrogen (secondary N) is 2. The number of thiazole rings is 2. The van der Waals surface area contributed by atoms with Gasteiger partial charge in [0.15, 0.2) is 10.3 Å². The van der Waals surface area contributed by atoms with Crippen LogP contribution in [0.3, 0.4) is 0 Å². The fourth-order valence-corrected chi connectivity index (χ4v) is 3.61. The van der Waals surface area contributed by atoms with Gasteiger partial charge in [-0.25, -0.2) is 14.8 Å². The summed E-state index contributed by atoms with van der Waals surface area (Å²) in [6.07, 6.45) is 1.06. The molecule has 7 nitrogen and oxygen atoms in total. The molecule has 2 N–H and O–H groups in total. The van der Waals surface area contributed by atoms with E-state index in [0.717, 1.165) is 12.1 Å². The average Bonchev–Trinajstić information content (AvgIpc) is 3.09. The van der Waals surface area contributed by atoms with E-state index in [1.165, 1.54) is 22.7 Å². The van der Waals surface area contributed by atoms with Crippen LogP contribution in [0.4, 0.5) is 15.1 Å². The molecule has 1 saturated heterocycles. The van der Waals surface area contributed by atoms with Crippen LogP contribution in [-0.4, -0.2) is 35.0 Å². The molecule has 22 heavy (non-hydrogen) atoms. The van der Waals surface area contributed by atoms with Crippen molar-refractivity contribution >= 4 is 44.9 Å². The van der Waals surface area contributed by atoms with E-state index in [1.807, 2.05) is 17.7 Å². The van der Waals surface area contributed by atoms with E-state index in [0.29, 0.717) is 29.0 Å². The Labute approximate surface area is 135 Å². The number of anilines is 2. The molecule has 3 amide bonds. The van der Waals surface area contributed by atoms with E-state index in [9.17, 15) is 9.59 Å². The minimum Gasteiger partial charge on any atom is -0.338 e. The zero-order valence-corrected chi connectivity index (χ0v) is 13.6. The molecule has 2 aromatic rings. The van der Waals surface area contributed by atoms with Gasteiger partial charge in [0.25, 0.3) is 0 Å². The van der Waals surface area contributed by atoms with Gasteiger partial charge in [-0.1, -0.05) is 0 Å². The Balaban J connectivity index is 1.61. The molecule has 116 valence electrons. The monoisotopic (exact) mass is 337 g/mol. The Morgan fingerprint density at radius 2 is 2.27 bits per heavy atom. The van der Waals surface area contributed by atoms with Gasteiger partial charge < -0.3 is 10.6 Å². The molecule has 0 radical (unpaired) electrons. The first-order valence-electron chi connectivity index (χ1n) is 6.83. The number of amides is 3. The number of hydrogen-bond acceptors (Lipinski definition) is 6. The molecule has 0 atom stereocenters. The highest BCUT2D eigenvalue weighted by Crippen LogP contribution is 2.23. The van der Waals surface area contributed by atoms with E-state index in [2.05, 4.69) is 20.6 Å². The fraction of sp³-hybridized carbons (Fsp3) is 0.385. The van der Waals surface area contributed by atoms with Crippen molar-refractivity contribution < 1.29 is 9.59 Å². The molecule has 2 aromatic heterocycles. The Hall–Kier alpha value is -2.00. The third kappa shape index (κ3) is 3.42. The maximum atomic E-state index is 12.0. The van der Waals surface area contributed by atoms with Gasteiger partial charge in [0.05, 0.1) is 17.8 Å². The first kappa shape index (κ1) is 14.9. The maximum absolute atomic E-state index is 12.0. The Bertz CT molecular complexity index is 696. The maximum Gasteiger partial charge on any atom is 0.323 e. The molecule has 0 bridgehead atoms. The van der Waals surface area contributed by atoms with Gasteiger partial charge in [0.2, 0.25) is 5.91 Å². The quantitative estimate of drug-likeness (QED) is 0.893. The number of rotatable bonds is 4. The summed E-state index contributed by atoms with van der Waals surface area (Å²) in [7, 11) is 0. The fourth-order valence-electron chi connectivity index (χ4n) is 2.05. The van der Waals surface area contributed by atoms with E-state index in [-0.39, 0.29) is 18.4 Å². The first-order valence-corrected chi connectivity index (χ1v) is 8.59. The highest BCUT2D eigenvalue weighted by Gasteiger charge is 2.22. The van der Waals surface area contributed by atoms with E-state index in [1.54, 1.807) is 4.90 Å². The van der Waals surface area contributed by atoms with Gasteiger partial charge in [-0.3, -0.25) is 9.69 Å². The van der Waals surface area contributed by atoms with Crippen molar-refractivity contribution in [1.29, 1.82) is 0 Å². The van der Waals surface area contributed by atoms with E-state index >= 15 is 0 Å². The van der Waals surface area contributed by atoms with Crippen molar-refractivity contribution in [1.82, 2.24) is 15.3 Å². The third-order valence-electron chi connectivity index (χ3n) is 3.06. The number of aryl methyl sites for hydroxylation is 1. The molecule has 9 heteroatoms. The highest BCUT2D eigenvalue weighted by molar-refractivity contribution is 7.14. The van der Waals surface area contributed by atoms with Crippen LogP contribution in [0.15, 0.2) is 10.8 Å². The summed E-state index contributed by atoms with van der Waals surface area (Å²) in [5.41, 5.74) is 1.54. The molecule has 3 rings (SSSR count). The topological polar surface area (TPSA) is 87.2 Å². The van der Waals surface area contributed by atoms with Gasteiger partial charge in [0, 0.05) is 23.8 Å². The second-order valence-corrected chi connectivity index (χ2v) is 6.57. The lowest BCUT2D eigenvalue weighted by molar-refractivity contribution is -0.115. The number of hydrogen-bond donors (Lipinski definition) is 2. The van der Waals surface area contributed by atoms with Crippen molar-refractivity contribution in [2.45, 2.75) is 19.8 Å². The molecule has 0 spiro atoms. The summed E-state index contributed by atoms with van der Waals surface area (Å²) in [6, 6.07) is -0.130. The minimum absolute atomic E-state index is 0.130. The van der Waals surface area contributed by atoms with Crippen LogP contribution in [0.2, 0.25) is 0 Å². The van der Waals surface area contributed by atoms with Gasteiger partial charge in [-0.15, -0.1) is 22.7 Å². The zero-order valence-electron chi connectivity index (χ0n) is 12.0. The van der Waals surface area contributed by atoms with Crippen LogP contribution in [0.25, 0.3) is 0 Å². The van der Waals surface area contributed by atoms with Crippen LogP contribution in [0.1, 0.15) is 17.8 Å². The predicted octanol–water partition coefficient (Wildman–Crippen LogP) is 2.01. The molecule has 1 aliphatic rings. The zero-order chi connectivity index (χ0) is 15.5. The van der Waals surface area contributed by atoms with Gasteiger partial charge >= 0.3 is 6.03 Å². The molecule has 0 aliphatic carbocycles. The van der Waals surface area contributed by atoms with Crippen molar-refractivity contribution in [2.24, 2.45) is 0 Å². The standard InChI is InChI=1S/C13H15N5O2S2/c1-8-6-21-11(15-8)17-10(19)5-9-7-22-13(16-9)18-4-2-3-14-12(18)20/h6-7H,2-5H2,1H3,(H,14,20)(H,15,17,19). The second kappa shape index (κ2) is 6.41. The molecule has 1 aliphatic heterocycles. The van der Waals surface area contributed by atoms with E-state index < -0.39 is 0 Å². The Kier molecular flexibility index (Phi) is 4.34. The molecular formula is C13H15N5O2S2. The summed E-state index contributed by atoms with van der Waals surface area (Å²) >= 11 is 2.77. The molecule has 1 fully saturated rings. The van der Waals surface area contributed by atoms with Crippen LogP contribution >= 0.6 is 22.7 Å². The normalized spacial score (nSPS) is 14.8. The van der Waals surface area contributed by atoms with Gasteiger partial charge in [0.1, 0.15) is 0 Å². The Morgan fingerprint density at radius 3 is 3.00 bits per heavy atom. The van der Waals surface area contributed by atoms with Crippen LogP contribution < -0.4 is 15.5 Å². The van der Waals surface area contributed by atoms with Crippen molar-refractivity contribution in [3.8, 4) is 0 Å². The van der Waals surface area contributed by atoms with Crippen LogP contribution in [-0.2, 0) is 11.2 Å². The van der Waals surface area contributed by atoms with Gasteiger partial charge in [-0.2, -0.15) is 0 Å². The third-order valence-corrected chi connectivity index (χ3v) is 4.85. The lowest BCUT2D eigenvalue weighted by Gasteiger charge is -2.24. The lowest BCUT2D eigenvalue weighted by atomic mass is 10.3. The predicted molar refractivity (Wildman–Crippen MR) is 86.7 cm³/mol. The van der Waals surface area contributed by atoms with Crippen LogP contribution in [0.5, 0.6) is 0 Å². The Morgan fingerprint density at radius 1 is 1.41 bits per heavy atom. The number of aromatic nitrogens is 2. The number of urea groups is 1. The number of nitrogens with zero attached hydrogens (tertiary/aromatic N) is 3. The minimum atomic E-state index is -0.158. The smallest absolute Gasteiger partial charge is 0.323 e. The van der Waals surface area contributed by atoms with Crippen LogP contribution in [0, 0.1) is 6.92 Å². The largest absolute Gasteiger partial charge is 0.338 e. The highest BCUT2D eigenvalue weighted by atomic mass is 32.1. The molecule has 0 aromatic carbocycles. The lowest BCUT2D eigenvalue weighted by Crippen LogP contribution is -2.46. The summed E-state index contributed by atoms with van der Waals surface area (Å²) in [4.78, 5) is 33.9. The SMILES string of the molecule is Cc1csc(NC(=O)Cc2csc(N3CCCNC3=O)n2)n1. The summed E-state index contributed by atoms with van der Waals surface area (Å²) in [5, 5.41) is 10.4. The average molecular weight is 337 g/mol. The molecule has 0 saturated carbocycles. The first-order chi connectivity index (χ1) is 10.6. The van der Waals surface area contributed by atoms with Crippen molar-refractivity contribution in [3.05, 3.63) is 22.1 Å².